The van der Waals surface area contributed by atoms with Gasteiger partial charge in [-0.15, -0.1) is 0 Å². The number of hydrogen-bond donors (Lipinski definition) is 1. The lowest BCUT2D eigenvalue weighted by atomic mass is 10.1. The molecule has 1 atom stereocenters. The zero-order valence-electron chi connectivity index (χ0n) is 11.0. The summed E-state index contributed by atoms with van der Waals surface area (Å²) in [6.45, 7) is 0.323. The lowest BCUT2D eigenvalue weighted by Gasteiger charge is -2.24. The molecule has 2 rings (SSSR count). The highest BCUT2D eigenvalue weighted by Gasteiger charge is 2.36. The molecule has 0 radical (unpaired) electrons. The van der Waals surface area contributed by atoms with Gasteiger partial charge in [0.2, 0.25) is 5.91 Å². The molecule has 0 saturated carbocycles. The normalized spacial score (nSPS) is 18.4. The molecule has 1 aromatic carbocycles. The molecule has 1 N–H and O–H groups in total. The Hall–Kier alpha value is -2.15. The van der Waals surface area contributed by atoms with Crippen LogP contribution in [0.15, 0.2) is 24.3 Å². The molecule has 7 heteroatoms. The summed E-state index contributed by atoms with van der Waals surface area (Å²) in [6.07, 6.45) is -1.51. The SMILES string of the molecule is COC1CN(C(=O)O)N(C(=O)Cc2ccc(F)cc2)C1. The second-order valence-corrected chi connectivity index (χ2v) is 4.50. The van der Waals surface area contributed by atoms with E-state index < -0.39 is 6.09 Å². The highest BCUT2D eigenvalue weighted by Crippen LogP contribution is 2.16. The zero-order chi connectivity index (χ0) is 14.7. The van der Waals surface area contributed by atoms with Crippen LogP contribution in [0.5, 0.6) is 0 Å². The van der Waals surface area contributed by atoms with Gasteiger partial charge in [0.05, 0.1) is 25.6 Å². The largest absolute Gasteiger partial charge is 0.464 e. The van der Waals surface area contributed by atoms with Crippen LogP contribution >= 0.6 is 0 Å². The molecule has 1 fully saturated rings. The van der Waals surface area contributed by atoms with Crippen LogP contribution in [-0.4, -0.2) is 53.4 Å². The number of carbonyl (C=O) groups excluding carboxylic acids is 1. The maximum Gasteiger partial charge on any atom is 0.426 e. The van der Waals surface area contributed by atoms with Crippen molar-refractivity contribution in [1.29, 1.82) is 0 Å². The van der Waals surface area contributed by atoms with Crippen molar-refractivity contribution in [2.75, 3.05) is 20.2 Å². The van der Waals surface area contributed by atoms with Gasteiger partial charge in [-0.25, -0.2) is 19.2 Å². The van der Waals surface area contributed by atoms with Crippen LogP contribution in [0.4, 0.5) is 9.18 Å². The number of amides is 2. The predicted octanol–water partition coefficient (Wildman–Crippen LogP) is 1.12. The summed E-state index contributed by atoms with van der Waals surface area (Å²) in [5.41, 5.74) is 0.627. The average Bonchev–Trinajstić information content (AvgIpc) is 2.86. The summed E-state index contributed by atoms with van der Waals surface area (Å²) in [5, 5.41) is 11.2. The van der Waals surface area contributed by atoms with Crippen molar-refractivity contribution in [3.05, 3.63) is 35.6 Å². The first-order valence-electron chi connectivity index (χ1n) is 6.09. The minimum absolute atomic E-state index is 0.0144. The van der Waals surface area contributed by atoms with Gasteiger partial charge in [-0.1, -0.05) is 12.1 Å². The van der Waals surface area contributed by atoms with Crippen LogP contribution < -0.4 is 0 Å². The third kappa shape index (κ3) is 3.05. The molecule has 0 aromatic heterocycles. The number of halogens is 1. The molecule has 1 aliphatic heterocycles. The van der Waals surface area contributed by atoms with Crippen LogP contribution in [0.3, 0.4) is 0 Å². The number of hydrazine groups is 1. The molecule has 0 spiro atoms. The number of benzene rings is 1. The fourth-order valence-electron chi connectivity index (χ4n) is 2.08. The van der Waals surface area contributed by atoms with Crippen molar-refractivity contribution in [3.63, 3.8) is 0 Å². The molecule has 108 valence electrons. The van der Waals surface area contributed by atoms with E-state index >= 15 is 0 Å². The molecule has 1 unspecified atom stereocenters. The number of methoxy groups -OCH3 is 1. The average molecular weight is 282 g/mol. The van der Waals surface area contributed by atoms with Gasteiger partial charge in [0.25, 0.3) is 0 Å². The number of ether oxygens (including phenoxy) is 1. The van der Waals surface area contributed by atoms with Crippen LogP contribution in [-0.2, 0) is 16.0 Å². The Balaban J connectivity index is 2.07. The number of hydrogen-bond acceptors (Lipinski definition) is 3. The third-order valence-electron chi connectivity index (χ3n) is 3.16. The van der Waals surface area contributed by atoms with E-state index in [0.717, 1.165) is 10.0 Å². The van der Waals surface area contributed by atoms with Crippen molar-refractivity contribution in [3.8, 4) is 0 Å². The molecule has 2 amide bonds. The molecule has 1 saturated heterocycles. The number of carbonyl (C=O) groups is 2. The number of rotatable bonds is 3. The third-order valence-corrected chi connectivity index (χ3v) is 3.16. The van der Waals surface area contributed by atoms with E-state index in [4.69, 9.17) is 9.84 Å². The molecule has 1 heterocycles. The summed E-state index contributed by atoms with van der Waals surface area (Å²) < 4.78 is 17.9. The Kier molecular flexibility index (Phi) is 4.19. The van der Waals surface area contributed by atoms with Crippen LogP contribution in [0.1, 0.15) is 5.56 Å². The Labute approximate surface area is 115 Å². The molecule has 1 aromatic rings. The number of nitrogens with zero attached hydrogens (tertiary/aromatic N) is 2. The molecule has 6 nitrogen and oxygen atoms in total. The molecular weight excluding hydrogens is 267 g/mol. The van der Waals surface area contributed by atoms with E-state index in [-0.39, 0.29) is 37.3 Å². The van der Waals surface area contributed by atoms with Crippen molar-refractivity contribution in [1.82, 2.24) is 10.0 Å². The Morgan fingerprint density at radius 1 is 1.30 bits per heavy atom. The van der Waals surface area contributed by atoms with Crippen molar-refractivity contribution in [2.45, 2.75) is 12.5 Å². The minimum atomic E-state index is -1.20. The van der Waals surface area contributed by atoms with E-state index in [1.54, 1.807) is 0 Å². The Morgan fingerprint density at radius 2 is 1.90 bits per heavy atom. The lowest BCUT2D eigenvalue weighted by molar-refractivity contribution is -0.140. The van der Waals surface area contributed by atoms with E-state index in [1.165, 1.54) is 31.4 Å². The van der Waals surface area contributed by atoms with Gasteiger partial charge in [0.15, 0.2) is 0 Å². The number of carboxylic acid groups (broad SMARTS) is 1. The smallest absolute Gasteiger partial charge is 0.426 e. The fourth-order valence-corrected chi connectivity index (χ4v) is 2.08. The fraction of sp³-hybridized carbons (Fsp3) is 0.385. The molecule has 0 bridgehead atoms. The molecule has 20 heavy (non-hydrogen) atoms. The predicted molar refractivity (Wildman–Crippen MR) is 67.3 cm³/mol. The topological polar surface area (TPSA) is 70.1 Å². The highest BCUT2D eigenvalue weighted by molar-refractivity contribution is 5.81. The maximum absolute atomic E-state index is 12.8. The van der Waals surface area contributed by atoms with Gasteiger partial charge in [-0.2, -0.15) is 0 Å². The van der Waals surface area contributed by atoms with Gasteiger partial charge in [-0.05, 0) is 17.7 Å². The molecule has 0 aliphatic carbocycles. The monoisotopic (exact) mass is 282 g/mol. The standard InChI is InChI=1S/C13H15FN2O4/c1-20-11-7-15(16(8-11)13(18)19)12(17)6-9-2-4-10(14)5-3-9/h2-5,11H,6-8H2,1H3,(H,18,19). The Morgan fingerprint density at radius 3 is 2.45 bits per heavy atom. The van der Waals surface area contributed by atoms with Gasteiger partial charge in [-0.3, -0.25) is 4.79 Å². The van der Waals surface area contributed by atoms with Crippen molar-refractivity contribution >= 4 is 12.0 Å². The van der Waals surface area contributed by atoms with Gasteiger partial charge in [0, 0.05) is 7.11 Å². The van der Waals surface area contributed by atoms with Crippen LogP contribution in [0.2, 0.25) is 0 Å². The van der Waals surface area contributed by atoms with Crippen molar-refractivity contribution in [2.24, 2.45) is 0 Å². The summed E-state index contributed by atoms with van der Waals surface area (Å²) in [7, 11) is 1.47. The zero-order valence-corrected chi connectivity index (χ0v) is 11.0. The molecular formula is C13H15FN2O4. The summed E-state index contributed by atoms with van der Waals surface area (Å²) in [5.74, 6) is -0.743. The van der Waals surface area contributed by atoms with E-state index in [0.29, 0.717) is 5.56 Å². The second kappa shape index (κ2) is 5.87. The van der Waals surface area contributed by atoms with E-state index in [1.807, 2.05) is 0 Å². The summed E-state index contributed by atoms with van der Waals surface area (Å²) in [6, 6.07) is 5.53. The minimum Gasteiger partial charge on any atom is -0.464 e. The van der Waals surface area contributed by atoms with E-state index in [9.17, 15) is 14.0 Å². The first-order chi connectivity index (χ1) is 9.51. The summed E-state index contributed by atoms with van der Waals surface area (Å²) in [4.78, 5) is 23.2. The molecule has 1 aliphatic rings. The van der Waals surface area contributed by atoms with Gasteiger partial charge < -0.3 is 9.84 Å². The first-order valence-corrected chi connectivity index (χ1v) is 6.09. The van der Waals surface area contributed by atoms with Crippen LogP contribution in [0.25, 0.3) is 0 Å². The Bertz CT molecular complexity index is 506. The second-order valence-electron chi connectivity index (χ2n) is 4.50. The van der Waals surface area contributed by atoms with Crippen molar-refractivity contribution < 1.29 is 23.8 Å². The quantitative estimate of drug-likeness (QED) is 0.902. The van der Waals surface area contributed by atoms with E-state index in [2.05, 4.69) is 0 Å². The first kappa shape index (κ1) is 14.3. The maximum atomic E-state index is 12.8. The lowest BCUT2D eigenvalue weighted by Crippen LogP contribution is -2.44. The highest BCUT2D eigenvalue weighted by atomic mass is 19.1. The van der Waals surface area contributed by atoms with Crippen LogP contribution in [0, 0.1) is 5.82 Å². The summed E-state index contributed by atoms with van der Waals surface area (Å²) >= 11 is 0. The van der Waals surface area contributed by atoms with Gasteiger partial charge >= 0.3 is 6.09 Å². The van der Waals surface area contributed by atoms with Gasteiger partial charge in [0.1, 0.15) is 5.82 Å².